The molecule has 88 valence electrons. The average molecular weight is 220 g/mol. The van der Waals surface area contributed by atoms with Gasteiger partial charge < -0.3 is 9.47 Å². The highest BCUT2D eigenvalue weighted by Crippen LogP contribution is 2.35. The molecule has 16 heavy (non-hydrogen) atoms. The van der Waals surface area contributed by atoms with Crippen LogP contribution in [0, 0.1) is 0 Å². The fourth-order valence-electron chi connectivity index (χ4n) is 2.39. The van der Waals surface area contributed by atoms with E-state index in [9.17, 15) is 0 Å². The first-order valence-electron chi connectivity index (χ1n) is 5.89. The molecule has 1 saturated heterocycles. The molecule has 2 rings (SSSR count). The van der Waals surface area contributed by atoms with Crippen molar-refractivity contribution in [2.45, 2.75) is 38.2 Å². The number of methoxy groups -OCH3 is 1. The van der Waals surface area contributed by atoms with Gasteiger partial charge in [-0.1, -0.05) is 12.1 Å². The van der Waals surface area contributed by atoms with E-state index in [1.807, 2.05) is 12.1 Å². The zero-order valence-electron chi connectivity index (χ0n) is 10.3. The van der Waals surface area contributed by atoms with Crippen LogP contribution in [0.15, 0.2) is 24.3 Å². The highest BCUT2D eigenvalue weighted by atomic mass is 16.5. The van der Waals surface area contributed by atoms with Gasteiger partial charge in [0.2, 0.25) is 0 Å². The van der Waals surface area contributed by atoms with Gasteiger partial charge in [0, 0.05) is 6.61 Å². The minimum absolute atomic E-state index is 0.0167. The molecule has 0 spiro atoms. The monoisotopic (exact) mass is 220 g/mol. The predicted octanol–water partition coefficient (Wildman–Crippen LogP) is 3.37. The van der Waals surface area contributed by atoms with Gasteiger partial charge in [-0.2, -0.15) is 0 Å². The Morgan fingerprint density at radius 1 is 1.25 bits per heavy atom. The molecular weight excluding hydrogens is 200 g/mol. The van der Waals surface area contributed by atoms with Gasteiger partial charge in [-0.05, 0) is 50.3 Å². The molecule has 1 heterocycles. The maximum absolute atomic E-state index is 5.74. The van der Waals surface area contributed by atoms with Crippen molar-refractivity contribution in [2.75, 3.05) is 13.7 Å². The number of hydrogen-bond acceptors (Lipinski definition) is 2. The first-order chi connectivity index (χ1) is 7.61. The minimum Gasteiger partial charge on any atom is -0.497 e. The van der Waals surface area contributed by atoms with Crippen molar-refractivity contribution >= 4 is 0 Å². The van der Waals surface area contributed by atoms with Crippen LogP contribution in [0.5, 0.6) is 5.75 Å². The zero-order chi connectivity index (χ0) is 11.6. The molecule has 0 aliphatic carbocycles. The molecule has 1 aromatic rings. The van der Waals surface area contributed by atoms with Crippen molar-refractivity contribution in [1.82, 2.24) is 0 Å². The van der Waals surface area contributed by atoms with Crippen LogP contribution in [0.3, 0.4) is 0 Å². The van der Waals surface area contributed by atoms with E-state index in [4.69, 9.17) is 9.47 Å². The Hall–Kier alpha value is -1.02. The number of ether oxygens (including phenoxy) is 2. The highest BCUT2D eigenvalue weighted by Gasteiger charge is 2.29. The molecule has 2 nitrogen and oxygen atoms in total. The largest absolute Gasteiger partial charge is 0.497 e. The minimum atomic E-state index is 0.0167. The van der Waals surface area contributed by atoms with Crippen molar-refractivity contribution in [3.63, 3.8) is 0 Å². The summed E-state index contributed by atoms with van der Waals surface area (Å²) < 4.78 is 10.9. The maximum atomic E-state index is 5.74. The summed E-state index contributed by atoms with van der Waals surface area (Å²) in [4.78, 5) is 0. The second kappa shape index (κ2) is 4.46. The molecule has 0 amide bonds. The van der Waals surface area contributed by atoms with E-state index in [2.05, 4.69) is 26.0 Å². The Morgan fingerprint density at radius 2 is 1.94 bits per heavy atom. The lowest BCUT2D eigenvalue weighted by Gasteiger charge is -2.35. The molecule has 0 saturated carbocycles. The topological polar surface area (TPSA) is 18.5 Å². The summed E-state index contributed by atoms with van der Waals surface area (Å²) in [6.45, 7) is 5.20. The van der Waals surface area contributed by atoms with Crippen molar-refractivity contribution in [1.29, 1.82) is 0 Å². The van der Waals surface area contributed by atoms with Gasteiger partial charge in [-0.25, -0.2) is 0 Å². The molecule has 0 aromatic heterocycles. The fraction of sp³-hybridized carbons (Fsp3) is 0.571. The van der Waals surface area contributed by atoms with Gasteiger partial charge in [-0.15, -0.1) is 0 Å². The number of hydrogen-bond donors (Lipinski definition) is 0. The Labute approximate surface area is 97.6 Å². The van der Waals surface area contributed by atoms with E-state index in [0.29, 0.717) is 5.92 Å². The second-order valence-electron chi connectivity index (χ2n) is 5.07. The van der Waals surface area contributed by atoms with Gasteiger partial charge in [0.1, 0.15) is 5.75 Å². The first-order valence-corrected chi connectivity index (χ1v) is 5.89. The van der Waals surface area contributed by atoms with Gasteiger partial charge in [-0.3, -0.25) is 0 Å². The smallest absolute Gasteiger partial charge is 0.118 e. The third-order valence-corrected chi connectivity index (χ3v) is 3.28. The van der Waals surface area contributed by atoms with E-state index in [-0.39, 0.29) is 5.60 Å². The molecular formula is C14H20O2. The van der Waals surface area contributed by atoms with Gasteiger partial charge in [0.25, 0.3) is 0 Å². The van der Waals surface area contributed by atoms with E-state index in [1.54, 1.807) is 7.11 Å². The molecule has 0 N–H and O–H groups in total. The first kappa shape index (κ1) is 11.5. The Bertz CT molecular complexity index is 340. The third kappa shape index (κ3) is 2.56. The summed E-state index contributed by atoms with van der Waals surface area (Å²) in [5.74, 6) is 1.55. The van der Waals surface area contributed by atoms with Gasteiger partial charge in [0.05, 0.1) is 12.7 Å². The van der Waals surface area contributed by atoms with Crippen molar-refractivity contribution in [3.8, 4) is 5.75 Å². The second-order valence-corrected chi connectivity index (χ2v) is 5.07. The lowest BCUT2D eigenvalue weighted by atomic mass is 9.83. The molecule has 0 radical (unpaired) electrons. The van der Waals surface area contributed by atoms with E-state index < -0.39 is 0 Å². The number of benzene rings is 1. The van der Waals surface area contributed by atoms with E-state index in [0.717, 1.165) is 25.2 Å². The summed E-state index contributed by atoms with van der Waals surface area (Å²) in [7, 11) is 1.70. The quantitative estimate of drug-likeness (QED) is 0.760. The van der Waals surface area contributed by atoms with E-state index in [1.165, 1.54) is 5.56 Å². The summed E-state index contributed by atoms with van der Waals surface area (Å²) >= 11 is 0. The van der Waals surface area contributed by atoms with Crippen LogP contribution in [-0.4, -0.2) is 19.3 Å². The van der Waals surface area contributed by atoms with E-state index >= 15 is 0 Å². The fourth-order valence-corrected chi connectivity index (χ4v) is 2.39. The van der Waals surface area contributed by atoms with Crippen LogP contribution in [0.25, 0.3) is 0 Å². The lowest BCUT2D eigenvalue weighted by Crippen LogP contribution is -2.32. The van der Waals surface area contributed by atoms with Crippen molar-refractivity contribution < 1.29 is 9.47 Å². The van der Waals surface area contributed by atoms with Gasteiger partial charge in [0.15, 0.2) is 0 Å². The number of rotatable bonds is 2. The Morgan fingerprint density at radius 3 is 2.50 bits per heavy atom. The summed E-state index contributed by atoms with van der Waals surface area (Å²) in [6, 6.07) is 8.42. The van der Waals surface area contributed by atoms with Crippen LogP contribution < -0.4 is 4.74 Å². The SMILES string of the molecule is COc1ccc(C2CCOC(C)(C)C2)cc1. The van der Waals surface area contributed by atoms with Gasteiger partial charge >= 0.3 is 0 Å². The molecule has 1 aliphatic rings. The Balaban J connectivity index is 2.11. The van der Waals surface area contributed by atoms with Crippen molar-refractivity contribution in [3.05, 3.63) is 29.8 Å². The molecule has 2 heteroatoms. The lowest BCUT2D eigenvalue weighted by molar-refractivity contribution is -0.0593. The standard InChI is InChI=1S/C14H20O2/c1-14(2)10-12(8-9-16-14)11-4-6-13(15-3)7-5-11/h4-7,12H,8-10H2,1-3H3. The summed E-state index contributed by atoms with van der Waals surface area (Å²) in [5, 5.41) is 0. The molecule has 0 bridgehead atoms. The zero-order valence-corrected chi connectivity index (χ0v) is 10.3. The van der Waals surface area contributed by atoms with Crippen LogP contribution in [0.1, 0.15) is 38.2 Å². The third-order valence-electron chi connectivity index (χ3n) is 3.28. The molecule has 1 unspecified atom stereocenters. The molecule has 1 fully saturated rings. The van der Waals surface area contributed by atoms with Crippen LogP contribution >= 0.6 is 0 Å². The molecule has 1 aliphatic heterocycles. The summed E-state index contributed by atoms with van der Waals surface area (Å²) in [5.41, 5.74) is 1.42. The van der Waals surface area contributed by atoms with Crippen LogP contribution in [-0.2, 0) is 4.74 Å². The van der Waals surface area contributed by atoms with Crippen LogP contribution in [0.4, 0.5) is 0 Å². The molecule has 1 aromatic carbocycles. The highest BCUT2D eigenvalue weighted by molar-refractivity contribution is 5.29. The maximum Gasteiger partial charge on any atom is 0.118 e. The van der Waals surface area contributed by atoms with Crippen molar-refractivity contribution in [2.24, 2.45) is 0 Å². The summed E-state index contributed by atoms with van der Waals surface area (Å²) in [6.07, 6.45) is 2.22. The predicted molar refractivity (Wildman–Crippen MR) is 65.0 cm³/mol. The normalized spacial score (nSPS) is 24.1. The van der Waals surface area contributed by atoms with Crippen LogP contribution in [0.2, 0.25) is 0 Å². The Kier molecular flexibility index (Phi) is 3.20. The average Bonchev–Trinajstić information content (AvgIpc) is 2.28. The molecule has 1 atom stereocenters.